The molecule has 1 fully saturated rings. The number of halogens is 6. The molecule has 15 heteroatoms. The minimum atomic E-state index is -4.83. The third kappa shape index (κ3) is 6.26. The van der Waals surface area contributed by atoms with E-state index in [1.807, 2.05) is 0 Å². The van der Waals surface area contributed by atoms with Gasteiger partial charge in [0.1, 0.15) is 9.84 Å². The van der Waals surface area contributed by atoms with Crippen molar-refractivity contribution in [1.82, 2.24) is 15.1 Å². The lowest BCUT2D eigenvalue weighted by Crippen LogP contribution is -2.39. The summed E-state index contributed by atoms with van der Waals surface area (Å²) in [7, 11) is -3.28. The van der Waals surface area contributed by atoms with E-state index in [2.05, 4.69) is 19.6 Å². The highest BCUT2D eigenvalue weighted by Crippen LogP contribution is 2.34. The smallest absolute Gasteiger partial charge is 0.329 e. The van der Waals surface area contributed by atoms with Crippen LogP contribution in [0.4, 0.5) is 32.0 Å². The van der Waals surface area contributed by atoms with Crippen molar-refractivity contribution in [2.24, 2.45) is 5.92 Å². The van der Waals surface area contributed by atoms with Crippen molar-refractivity contribution in [3.05, 3.63) is 59.7 Å². The summed E-state index contributed by atoms with van der Waals surface area (Å²) >= 11 is 0. The van der Waals surface area contributed by atoms with Gasteiger partial charge in [-0.05, 0) is 43.2 Å². The predicted molar refractivity (Wildman–Crippen MR) is 117 cm³/mol. The number of sulfone groups is 1. The number of aromatic nitrogens is 3. The maximum absolute atomic E-state index is 13.3. The van der Waals surface area contributed by atoms with Gasteiger partial charge in [0.15, 0.2) is 0 Å². The van der Waals surface area contributed by atoms with Crippen LogP contribution in [-0.4, -0.2) is 41.0 Å². The molecule has 0 radical (unpaired) electrons. The average molecular weight is 548 g/mol. The van der Waals surface area contributed by atoms with Crippen LogP contribution in [0.3, 0.4) is 0 Å². The Morgan fingerprint density at radius 2 is 1.73 bits per heavy atom. The number of pyridine rings is 1. The third-order valence-electron chi connectivity index (χ3n) is 5.73. The molecule has 0 atom stereocenters. The van der Waals surface area contributed by atoms with Crippen molar-refractivity contribution in [3.8, 4) is 11.4 Å². The summed E-state index contributed by atoms with van der Waals surface area (Å²) in [4.78, 5) is 21.8. The number of hydrogen-bond acceptors (Lipinski definition) is 7. The molecule has 0 saturated carbocycles. The molecule has 1 saturated heterocycles. The Morgan fingerprint density at radius 1 is 1.03 bits per heavy atom. The van der Waals surface area contributed by atoms with Gasteiger partial charge in [-0.1, -0.05) is 11.2 Å². The molecule has 0 unspecified atom stereocenters. The summed E-state index contributed by atoms with van der Waals surface area (Å²) in [6.45, 7) is -0.274. The van der Waals surface area contributed by atoms with Gasteiger partial charge >= 0.3 is 18.2 Å². The lowest BCUT2D eigenvalue weighted by molar-refractivity contribution is -0.159. The molecule has 1 amide bonds. The Hall–Kier alpha value is -3.49. The summed E-state index contributed by atoms with van der Waals surface area (Å²) < 4.78 is 106. The predicted octanol–water partition coefficient (Wildman–Crippen LogP) is 4.53. The van der Waals surface area contributed by atoms with Gasteiger partial charge in [-0.2, -0.15) is 31.3 Å². The average Bonchev–Trinajstić information content (AvgIpc) is 3.33. The zero-order valence-corrected chi connectivity index (χ0v) is 19.6. The van der Waals surface area contributed by atoms with Gasteiger partial charge in [0.2, 0.25) is 11.7 Å². The monoisotopic (exact) mass is 548 g/mol. The van der Waals surface area contributed by atoms with E-state index in [9.17, 15) is 39.6 Å². The molecule has 1 aliphatic rings. The Kier molecular flexibility index (Phi) is 7.01. The van der Waals surface area contributed by atoms with Gasteiger partial charge < -0.3 is 9.42 Å². The van der Waals surface area contributed by atoms with Crippen LogP contribution >= 0.6 is 0 Å². The van der Waals surface area contributed by atoms with E-state index in [1.165, 1.54) is 18.2 Å². The fourth-order valence-corrected chi connectivity index (χ4v) is 5.26. The second kappa shape index (κ2) is 9.76. The number of nitrogens with zero attached hydrogens (tertiary/aromatic N) is 4. The number of amides is 1. The molecule has 0 spiro atoms. The van der Waals surface area contributed by atoms with Crippen LogP contribution in [0.1, 0.15) is 30.0 Å². The van der Waals surface area contributed by atoms with E-state index >= 15 is 0 Å². The lowest BCUT2D eigenvalue weighted by atomic mass is 10.00. The summed E-state index contributed by atoms with van der Waals surface area (Å²) in [5, 5.41) is 3.26. The maximum Gasteiger partial charge on any atom is 0.471 e. The van der Waals surface area contributed by atoms with E-state index in [1.54, 1.807) is 0 Å². The first kappa shape index (κ1) is 26.6. The second-order valence-electron chi connectivity index (χ2n) is 8.36. The van der Waals surface area contributed by atoms with E-state index < -0.39 is 45.5 Å². The molecular weight excluding hydrogens is 530 g/mol. The van der Waals surface area contributed by atoms with Crippen LogP contribution < -0.4 is 4.90 Å². The molecule has 198 valence electrons. The van der Waals surface area contributed by atoms with E-state index in [-0.39, 0.29) is 53.7 Å². The second-order valence-corrected chi connectivity index (χ2v) is 10.7. The van der Waals surface area contributed by atoms with Gasteiger partial charge in [-0.15, -0.1) is 0 Å². The fraction of sp³-hybridized carbons (Fsp3) is 0.364. The van der Waals surface area contributed by atoms with Gasteiger partial charge in [-0.3, -0.25) is 9.78 Å². The molecule has 37 heavy (non-hydrogen) atoms. The summed E-state index contributed by atoms with van der Waals surface area (Å²) in [5.41, 5.74) is -0.753. The molecule has 0 bridgehead atoms. The van der Waals surface area contributed by atoms with Gasteiger partial charge in [0.25, 0.3) is 0 Å². The highest BCUT2D eigenvalue weighted by atomic mass is 32.2. The van der Waals surface area contributed by atoms with Crippen molar-refractivity contribution in [2.75, 3.05) is 16.4 Å². The normalized spacial score (nSPS) is 16.5. The first-order valence-electron chi connectivity index (χ1n) is 10.8. The van der Waals surface area contributed by atoms with Crippen LogP contribution in [0, 0.1) is 5.92 Å². The number of alkyl halides is 6. The van der Waals surface area contributed by atoms with Crippen LogP contribution in [0.5, 0.6) is 0 Å². The summed E-state index contributed by atoms with van der Waals surface area (Å²) in [6.07, 6.45) is -8.29. The lowest BCUT2D eigenvalue weighted by Gasteiger charge is -2.29. The summed E-state index contributed by atoms with van der Waals surface area (Å²) in [5.74, 6) is -3.62. The van der Waals surface area contributed by atoms with Gasteiger partial charge in [-0.25, -0.2) is 8.42 Å². The van der Waals surface area contributed by atoms with Gasteiger partial charge in [0, 0.05) is 23.4 Å². The molecule has 2 aromatic heterocycles. The van der Waals surface area contributed by atoms with Crippen molar-refractivity contribution in [1.29, 1.82) is 0 Å². The largest absolute Gasteiger partial charge is 0.471 e. The zero-order chi connectivity index (χ0) is 27.0. The van der Waals surface area contributed by atoms with Crippen molar-refractivity contribution in [2.45, 2.75) is 31.7 Å². The van der Waals surface area contributed by atoms with Crippen molar-refractivity contribution >= 4 is 21.4 Å². The highest BCUT2D eigenvalue weighted by Gasteiger charge is 2.39. The highest BCUT2D eigenvalue weighted by molar-refractivity contribution is 7.91. The number of carbonyl (C=O) groups is 1. The van der Waals surface area contributed by atoms with Crippen molar-refractivity contribution < 1.29 is 44.1 Å². The molecule has 1 aliphatic heterocycles. The number of anilines is 1. The van der Waals surface area contributed by atoms with Crippen LogP contribution in [0.25, 0.3) is 11.4 Å². The Labute approximate surface area is 206 Å². The Morgan fingerprint density at radius 3 is 2.30 bits per heavy atom. The topological polar surface area (TPSA) is 106 Å². The number of benzene rings is 1. The maximum atomic E-state index is 13.3. The molecule has 0 N–H and O–H groups in total. The number of rotatable bonds is 5. The first-order valence-corrected chi connectivity index (χ1v) is 12.6. The van der Waals surface area contributed by atoms with Crippen molar-refractivity contribution in [3.63, 3.8) is 0 Å². The molecular formula is C22H18F6N4O4S. The van der Waals surface area contributed by atoms with E-state index in [0.29, 0.717) is 0 Å². The van der Waals surface area contributed by atoms with E-state index in [4.69, 9.17) is 0 Å². The number of carbonyl (C=O) groups excluding carboxylic acids is 1. The van der Waals surface area contributed by atoms with Crippen LogP contribution in [-0.2, 0) is 33.5 Å². The summed E-state index contributed by atoms with van der Waals surface area (Å²) in [6, 6.07) is 6.82. The molecule has 3 aromatic rings. The molecule has 0 aliphatic carbocycles. The Bertz CT molecular complexity index is 1370. The standard InChI is InChI=1S/C22H18F6N4O4S/c23-21(24,25)15-2-1-3-17(10-15)32(19(33)13-6-8-37(34,35)9-7-13)12-16-5-4-14(11-29-16)18-30-20(36-31-18)22(26,27)28/h1-5,10-11,13H,6-9,12H2. The Balaban J connectivity index is 1.62. The minimum absolute atomic E-state index is 0.0301. The van der Waals surface area contributed by atoms with Crippen LogP contribution in [0.15, 0.2) is 47.1 Å². The third-order valence-corrected chi connectivity index (χ3v) is 7.44. The molecule has 1 aromatic carbocycles. The SMILES string of the molecule is O=C(C1CCS(=O)(=O)CC1)N(Cc1ccc(-c2noc(C(F)(F)F)n2)cn1)c1cccc(C(F)(F)F)c1. The van der Waals surface area contributed by atoms with Crippen LogP contribution in [0.2, 0.25) is 0 Å². The first-order chi connectivity index (χ1) is 17.2. The molecule has 4 rings (SSSR count). The minimum Gasteiger partial charge on any atom is -0.329 e. The van der Waals surface area contributed by atoms with Gasteiger partial charge in [0.05, 0.1) is 29.3 Å². The van der Waals surface area contributed by atoms with E-state index in [0.717, 1.165) is 29.3 Å². The molecule has 8 nitrogen and oxygen atoms in total. The fourth-order valence-electron chi connectivity index (χ4n) is 3.77. The molecule has 3 heterocycles. The zero-order valence-electron chi connectivity index (χ0n) is 18.8. The number of hydrogen-bond donors (Lipinski definition) is 0. The quantitative estimate of drug-likeness (QED) is 0.432.